The molecule has 0 atom stereocenters. The van der Waals surface area contributed by atoms with Gasteiger partial charge in [-0.1, -0.05) is 29.8 Å². The number of alkyl halides is 1. The molecule has 0 fully saturated rings. The Balaban J connectivity index is 1.99. The number of hydrogen-bond donors (Lipinski definition) is 0. The first kappa shape index (κ1) is 18.3. The fourth-order valence-corrected chi connectivity index (χ4v) is 2.34. The number of hydrogen-bond acceptors (Lipinski definition) is 4. The fraction of sp³-hybridized carbons (Fsp3) is 0.222. The zero-order valence-corrected chi connectivity index (χ0v) is 14.3. The van der Waals surface area contributed by atoms with Crippen LogP contribution in [0.1, 0.15) is 29.6 Å². The first-order valence-corrected chi connectivity index (χ1v) is 8.35. The summed E-state index contributed by atoms with van der Waals surface area (Å²) in [6.45, 7) is 0. The van der Waals surface area contributed by atoms with Crippen molar-refractivity contribution in [2.45, 2.75) is 19.3 Å². The minimum absolute atomic E-state index is 0.266. The highest BCUT2D eigenvalue weighted by Gasteiger charge is 2.13. The number of carbonyl (C=O) groups is 2. The van der Waals surface area contributed by atoms with E-state index in [2.05, 4.69) is 0 Å². The number of benzene rings is 2. The molecule has 126 valence electrons. The van der Waals surface area contributed by atoms with Crippen LogP contribution in [0, 0.1) is 0 Å². The van der Waals surface area contributed by atoms with E-state index in [-0.39, 0.29) is 23.7 Å². The molecule has 0 heterocycles. The van der Waals surface area contributed by atoms with Crippen molar-refractivity contribution in [3.63, 3.8) is 0 Å². The molecule has 0 aliphatic rings. The molecule has 0 unspecified atom stereocenters. The topological polar surface area (TPSA) is 52.6 Å². The monoisotopic (exact) mass is 366 g/mol. The van der Waals surface area contributed by atoms with Gasteiger partial charge in [-0.3, -0.25) is 4.79 Å². The Morgan fingerprint density at radius 1 is 0.917 bits per heavy atom. The maximum absolute atomic E-state index is 12.1. The molecular weight excluding hydrogens is 351 g/mol. The number of rotatable bonds is 7. The van der Waals surface area contributed by atoms with Crippen molar-refractivity contribution < 1.29 is 19.1 Å². The van der Waals surface area contributed by atoms with Crippen LogP contribution in [0.2, 0.25) is 5.02 Å². The second kappa shape index (κ2) is 9.30. The third-order valence-electron chi connectivity index (χ3n) is 3.11. The summed E-state index contributed by atoms with van der Waals surface area (Å²) >= 11 is 11.5. The zero-order valence-electron chi connectivity index (χ0n) is 12.8. The van der Waals surface area contributed by atoms with Crippen molar-refractivity contribution in [2.24, 2.45) is 0 Å². The Morgan fingerprint density at radius 2 is 1.62 bits per heavy atom. The molecule has 0 aliphatic carbocycles. The Bertz CT molecular complexity index is 716. The minimum Gasteiger partial charge on any atom is -0.426 e. The number of carbonyl (C=O) groups excluding carboxylic acids is 2. The summed E-state index contributed by atoms with van der Waals surface area (Å²) in [5.41, 5.74) is 0.266. The highest BCUT2D eigenvalue weighted by atomic mass is 35.5. The molecule has 2 aromatic rings. The third kappa shape index (κ3) is 5.55. The van der Waals surface area contributed by atoms with Crippen LogP contribution in [0.15, 0.2) is 48.5 Å². The van der Waals surface area contributed by atoms with Gasteiger partial charge in [-0.25, -0.2) is 4.79 Å². The van der Waals surface area contributed by atoms with Crippen molar-refractivity contribution in [1.29, 1.82) is 0 Å². The van der Waals surface area contributed by atoms with Crippen molar-refractivity contribution in [3.05, 3.63) is 59.1 Å². The Hall–Kier alpha value is -2.04. The number of esters is 2. The van der Waals surface area contributed by atoms with E-state index in [0.29, 0.717) is 23.1 Å². The van der Waals surface area contributed by atoms with Crippen LogP contribution in [0.5, 0.6) is 11.5 Å². The molecule has 4 nitrogen and oxygen atoms in total. The van der Waals surface area contributed by atoms with Crippen LogP contribution in [0.3, 0.4) is 0 Å². The van der Waals surface area contributed by atoms with E-state index in [4.69, 9.17) is 32.7 Å². The van der Waals surface area contributed by atoms with Crippen molar-refractivity contribution in [2.75, 3.05) is 5.88 Å². The standard InChI is InChI=1S/C18H16Cl2O4/c19-11-4-3-10-17(21)23-13-6-5-7-14(12-13)24-18(22)15-8-1-2-9-16(15)20/h1-2,5-9,12H,3-4,10-11H2. The maximum Gasteiger partial charge on any atom is 0.345 e. The fourth-order valence-electron chi connectivity index (χ4n) is 1.94. The van der Waals surface area contributed by atoms with Crippen LogP contribution in [0.25, 0.3) is 0 Å². The van der Waals surface area contributed by atoms with E-state index in [0.717, 1.165) is 6.42 Å². The molecule has 24 heavy (non-hydrogen) atoms. The molecule has 0 aliphatic heterocycles. The van der Waals surface area contributed by atoms with Crippen LogP contribution in [0.4, 0.5) is 0 Å². The largest absolute Gasteiger partial charge is 0.426 e. The predicted molar refractivity (Wildman–Crippen MR) is 93.1 cm³/mol. The van der Waals surface area contributed by atoms with E-state index < -0.39 is 5.97 Å². The van der Waals surface area contributed by atoms with Gasteiger partial charge in [0.25, 0.3) is 0 Å². The predicted octanol–water partition coefficient (Wildman–Crippen LogP) is 4.87. The third-order valence-corrected chi connectivity index (χ3v) is 3.70. The molecule has 0 saturated carbocycles. The molecule has 2 rings (SSSR count). The van der Waals surface area contributed by atoms with Gasteiger partial charge in [0.05, 0.1) is 10.6 Å². The van der Waals surface area contributed by atoms with Gasteiger partial charge in [-0.2, -0.15) is 0 Å². The molecule has 0 amide bonds. The van der Waals surface area contributed by atoms with E-state index in [1.54, 1.807) is 42.5 Å². The molecule has 0 saturated heterocycles. The lowest BCUT2D eigenvalue weighted by atomic mass is 10.2. The average Bonchev–Trinajstić information content (AvgIpc) is 2.55. The lowest BCUT2D eigenvalue weighted by molar-refractivity contribution is -0.134. The first-order chi connectivity index (χ1) is 11.6. The van der Waals surface area contributed by atoms with Gasteiger partial charge in [0.1, 0.15) is 11.5 Å². The van der Waals surface area contributed by atoms with Gasteiger partial charge in [-0.05, 0) is 37.1 Å². The van der Waals surface area contributed by atoms with Gasteiger partial charge in [0.2, 0.25) is 0 Å². The summed E-state index contributed by atoms with van der Waals surface area (Å²) in [6.07, 6.45) is 1.71. The molecule has 0 spiro atoms. The summed E-state index contributed by atoms with van der Waals surface area (Å²) in [5.74, 6) is 0.169. The molecule has 0 bridgehead atoms. The van der Waals surface area contributed by atoms with Gasteiger partial charge >= 0.3 is 11.9 Å². The van der Waals surface area contributed by atoms with Gasteiger partial charge in [0, 0.05) is 18.4 Å². The molecule has 0 aromatic heterocycles. The van der Waals surface area contributed by atoms with E-state index >= 15 is 0 Å². The van der Waals surface area contributed by atoms with E-state index in [9.17, 15) is 9.59 Å². The molecular formula is C18H16Cl2O4. The van der Waals surface area contributed by atoms with Crippen LogP contribution < -0.4 is 9.47 Å². The smallest absolute Gasteiger partial charge is 0.345 e. The second-order valence-corrected chi connectivity index (χ2v) is 5.75. The molecule has 0 N–H and O–H groups in total. The highest BCUT2D eigenvalue weighted by molar-refractivity contribution is 6.33. The van der Waals surface area contributed by atoms with Gasteiger partial charge in [0.15, 0.2) is 0 Å². The summed E-state index contributed by atoms with van der Waals surface area (Å²) < 4.78 is 10.5. The Kier molecular flexibility index (Phi) is 7.09. The summed E-state index contributed by atoms with van der Waals surface area (Å²) in [7, 11) is 0. The van der Waals surface area contributed by atoms with Crippen LogP contribution in [-0.2, 0) is 4.79 Å². The zero-order chi connectivity index (χ0) is 17.4. The van der Waals surface area contributed by atoms with Crippen molar-refractivity contribution >= 4 is 35.1 Å². The first-order valence-electron chi connectivity index (χ1n) is 7.43. The van der Waals surface area contributed by atoms with Crippen LogP contribution in [-0.4, -0.2) is 17.8 Å². The second-order valence-electron chi connectivity index (χ2n) is 4.96. The number of ether oxygens (including phenoxy) is 2. The van der Waals surface area contributed by atoms with E-state index in [1.807, 2.05) is 0 Å². The normalized spacial score (nSPS) is 10.2. The molecule has 6 heteroatoms. The van der Waals surface area contributed by atoms with Gasteiger partial charge in [-0.15, -0.1) is 11.6 Å². The Morgan fingerprint density at radius 3 is 2.33 bits per heavy atom. The van der Waals surface area contributed by atoms with Crippen molar-refractivity contribution in [3.8, 4) is 11.5 Å². The summed E-state index contributed by atoms with van der Waals surface area (Å²) in [6, 6.07) is 12.9. The quantitative estimate of drug-likeness (QED) is 0.303. The SMILES string of the molecule is O=C(CCCCCl)Oc1cccc(OC(=O)c2ccccc2Cl)c1. The average molecular weight is 367 g/mol. The molecule has 2 aromatic carbocycles. The Labute approximate surface area is 150 Å². The summed E-state index contributed by atoms with van der Waals surface area (Å²) in [5, 5.41) is 0.310. The van der Waals surface area contributed by atoms with Crippen molar-refractivity contribution in [1.82, 2.24) is 0 Å². The lowest BCUT2D eigenvalue weighted by Crippen LogP contribution is -2.10. The maximum atomic E-state index is 12.1. The van der Waals surface area contributed by atoms with Gasteiger partial charge < -0.3 is 9.47 Å². The highest BCUT2D eigenvalue weighted by Crippen LogP contribution is 2.23. The lowest BCUT2D eigenvalue weighted by Gasteiger charge is -2.08. The number of halogens is 2. The number of unbranched alkanes of at least 4 members (excludes halogenated alkanes) is 1. The minimum atomic E-state index is -0.578. The summed E-state index contributed by atoms with van der Waals surface area (Å²) in [4.78, 5) is 23.8. The van der Waals surface area contributed by atoms with E-state index in [1.165, 1.54) is 6.07 Å². The molecule has 0 radical (unpaired) electrons. The van der Waals surface area contributed by atoms with Crippen LogP contribution >= 0.6 is 23.2 Å².